The fraction of sp³-hybridized carbons (Fsp3) is 0.800. The Kier molecular flexibility index (Phi) is 30.9. The van der Waals surface area contributed by atoms with Crippen molar-refractivity contribution in [3.05, 3.63) is 0 Å². The summed E-state index contributed by atoms with van der Waals surface area (Å²) in [6.45, 7) is 15.0. The van der Waals surface area contributed by atoms with Gasteiger partial charge in [-0.15, -0.1) is 24.8 Å². The van der Waals surface area contributed by atoms with E-state index in [1.165, 1.54) is 9.80 Å². The lowest BCUT2D eigenvalue weighted by Gasteiger charge is -2.31. The number of nitrogens with two attached hydrogens (primary N) is 2. The first-order chi connectivity index (χ1) is 34.1. The first kappa shape index (κ1) is 67.2. The van der Waals surface area contributed by atoms with Crippen LogP contribution in [0.25, 0.3) is 0 Å². The molecule has 0 aromatic carbocycles. The summed E-state index contributed by atoms with van der Waals surface area (Å²) in [5, 5.41) is 22.0. The minimum atomic E-state index is -1.13. The molecule has 3 aliphatic heterocycles. The van der Waals surface area contributed by atoms with Crippen LogP contribution in [0.2, 0.25) is 0 Å². The maximum Gasteiger partial charge on any atom is 0.245 e. The van der Waals surface area contributed by atoms with Gasteiger partial charge in [-0.1, -0.05) is 55.4 Å². The van der Waals surface area contributed by atoms with Crippen LogP contribution in [0.1, 0.15) is 145 Å². The molecule has 0 radical (unpaired) electrons. The van der Waals surface area contributed by atoms with E-state index in [9.17, 15) is 47.9 Å². The molecule has 10 amide bonds. The van der Waals surface area contributed by atoms with Gasteiger partial charge in [0.05, 0.1) is 13.1 Å². The predicted molar refractivity (Wildman–Crippen MR) is 285 cm³/mol. The molecule has 0 aliphatic carbocycles. The molecule has 0 aromatic heterocycles. The predicted octanol–water partition coefficient (Wildman–Crippen LogP) is 0.409. The van der Waals surface area contributed by atoms with Crippen molar-refractivity contribution in [2.45, 2.75) is 194 Å². The Bertz CT molecular complexity index is 1750. The first-order valence-corrected chi connectivity index (χ1v) is 26.4. The SMILES string of the molecule is CC(C)C[C@H]1NC(=O)CNC(=O)[C@@H]2CCCN2C(=O)[C@@H](CC(C)C)NC(=O)[C@@H](CCCCN)NC(=O)[C@@H](CC(C)C)NC(=O)CNC(=O)[C@@H]2CCCN2C(=O)[C@@H](CC(C)C)NC(=O)[C@@H](CCCCN)NC1=O.Cl.Cl. The number of rotatable bonds is 16. The van der Waals surface area contributed by atoms with Gasteiger partial charge in [-0.2, -0.15) is 0 Å². The number of halogens is 2. The lowest BCUT2D eigenvalue weighted by Crippen LogP contribution is -2.60. The van der Waals surface area contributed by atoms with E-state index in [1.54, 1.807) is 0 Å². The van der Waals surface area contributed by atoms with Crippen molar-refractivity contribution in [2.24, 2.45) is 35.1 Å². The van der Waals surface area contributed by atoms with Crippen molar-refractivity contribution in [2.75, 3.05) is 39.3 Å². The molecule has 424 valence electrons. The van der Waals surface area contributed by atoms with Crippen LogP contribution in [0.4, 0.5) is 0 Å². The number of nitrogens with one attached hydrogen (secondary N) is 8. The van der Waals surface area contributed by atoms with E-state index in [-0.39, 0.29) is 100 Å². The summed E-state index contributed by atoms with van der Waals surface area (Å²) in [4.78, 5) is 143. The third-order valence-electron chi connectivity index (χ3n) is 13.0. The van der Waals surface area contributed by atoms with Crippen LogP contribution in [0, 0.1) is 23.7 Å². The molecule has 8 atom stereocenters. The third-order valence-corrected chi connectivity index (χ3v) is 13.0. The van der Waals surface area contributed by atoms with Crippen molar-refractivity contribution in [1.82, 2.24) is 52.3 Å². The van der Waals surface area contributed by atoms with E-state index >= 15 is 0 Å². The second-order valence-corrected chi connectivity index (χ2v) is 21.4. The van der Waals surface area contributed by atoms with Crippen LogP contribution in [0.3, 0.4) is 0 Å². The fourth-order valence-corrected chi connectivity index (χ4v) is 9.47. The lowest BCUT2D eigenvalue weighted by atomic mass is 9.99. The molecule has 0 aromatic rings. The van der Waals surface area contributed by atoms with Crippen LogP contribution < -0.4 is 54.0 Å². The summed E-state index contributed by atoms with van der Waals surface area (Å²) < 4.78 is 0. The summed E-state index contributed by atoms with van der Waals surface area (Å²) in [6.07, 6.45) is 4.64. The zero-order valence-electron chi connectivity index (χ0n) is 45.0. The number of hydrogen-bond acceptors (Lipinski definition) is 12. The monoisotopic (exact) mass is 1090 g/mol. The number of amides is 10. The van der Waals surface area contributed by atoms with Crippen LogP contribution in [-0.2, 0) is 47.9 Å². The van der Waals surface area contributed by atoms with Crippen molar-refractivity contribution < 1.29 is 47.9 Å². The molecular formula is C50H90Cl2N12O10. The lowest BCUT2D eigenvalue weighted by molar-refractivity contribution is -0.142. The topological polar surface area (TPSA) is 325 Å². The van der Waals surface area contributed by atoms with Gasteiger partial charge in [0, 0.05) is 13.1 Å². The molecule has 22 nitrogen and oxygen atoms in total. The Labute approximate surface area is 450 Å². The molecule has 24 heteroatoms. The van der Waals surface area contributed by atoms with Crippen LogP contribution >= 0.6 is 24.8 Å². The highest BCUT2D eigenvalue weighted by Crippen LogP contribution is 2.23. The molecule has 74 heavy (non-hydrogen) atoms. The molecule has 0 bridgehead atoms. The third kappa shape index (κ3) is 22.2. The summed E-state index contributed by atoms with van der Waals surface area (Å²) in [5.41, 5.74) is 11.6. The first-order valence-electron chi connectivity index (χ1n) is 26.4. The van der Waals surface area contributed by atoms with E-state index in [0.717, 1.165) is 0 Å². The van der Waals surface area contributed by atoms with Gasteiger partial charge in [0.15, 0.2) is 0 Å². The average Bonchev–Trinajstić information content (AvgIpc) is 4.01. The van der Waals surface area contributed by atoms with Crippen LogP contribution in [0.5, 0.6) is 0 Å². The molecule has 12 N–H and O–H groups in total. The summed E-state index contributed by atoms with van der Waals surface area (Å²) >= 11 is 0. The highest BCUT2D eigenvalue weighted by Gasteiger charge is 2.41. The Morgan fingerprint density at radius 2 is 0.716 bits per heavy atom. The van der Waals surface area contributed by atoms with Gasteiger partial charge in [-0.25, -0.2) is 0 Å². The number of hydrogen-bond donors (Lipinski definition) is 10. The second kappa shape index (κ2) is 34.0. The molecule has 0 spiro atoms. The highest BCUT2D eigenvalue weighted by atomic mass is 35.5. The van der Waals surface area contributed by atoms with Gasteiger partial charge in [0.2, 0.25) is 59.1 Å². The van der Waals surface area contributed by atoms with Crippen LogP contribution in [0.15, 0.2) is 0 Å². The van der Waals surface area contributed by atoms with Crippen molar-refractivity contribution in [3.8, 4) is 0 Å². The standard InChI is InChI=1S/C50H88N12O10.2ClH/c1-29(2)23-35-45(67)57-33(15-9-11-19-51)43(65)59-37(25-31(5)6)49(71)62-22-14-18-40(62)48(70)54-28-42(64)56-36(24-30(3)4)46(68)58-34(16-10-12-20-52)44(66)60-38(26-32(7)8)50(72)61-21-13-17-39(61)47(69)53-27-41(63)55-35;;/h29-40H,9-28,51-52H2,1-8H3,(H,53,69)(H,54,70)(H,55,63)(H,56,64)(H,57,67)(H,58,68)(H,59,65)(H,60,66);2*1H/t33-,34-,35-,36-,37-,38-,39+,40+;;/m1../s1. The Morgan fingerprint density at radius 3 is 1.03 bits per heavy atom. The van der Waals surface area contributed by atoms with Crippen molar-refractivity contribution in [1.29, 1.82) is 0 Å². The Hall–Kier alpha value is -4.80. The van der Waals surface area contributed by atoms with Gasteiger partial charge >= 0.3 is 0 Å². The van der Waals surface area contributed by atoms with E-state index in [2.05, 4.69) is 42.5 Å². The van der Waals surface area contributed by atoms with E-state index < -0.39 is 120 Å². The van der Waals surface area contributed by atoms with E-state index in [1.807, 2.05) is 55.4 Å². The van der Waals surface area contributed by atoms with Crippen molar-refractivity contribution in [3.63, 3.8) is 0 Å². The normalized spacial score (nSPS) is 25.9. The summed E-state index contributed by atoms with van der Waals surface area (Å²) in [5.74, 6) is -6.46. The molecule has 0 unspecified atom stereocenters. The van der Waals surface area contributed by atoms with Gasteiger partial charge in [-0.05, 0) is 127 Å². The van der Waals surface area contributed by atoms with Gasteiger partial charge in [-0.3, -0.25) is 47.9 Å². The number of carbonyl (C=O) groups is 10. The molecule has 3 aliphatic rings. The Balaban J connectivity index is 0.0000137. The largest absolute Gasteiger partial charge is 0.345 e. The minimum Gasteiger partial charge on any atom is -0.345 e. The molecule has 0 saturated carbocycles. The number of nitrogens with zero attached hydrogens (tertiary/aromatic N) is 2. The van der Waals surface area contributed by atoms with Crippen LogP contribution in [-0.4, -0.2) is 156 Å². The minimum absolute atomic E-state index is 0. The van der Waals surface area contributed by atoms with Gasteiger partial charge in [0.1, 0.15) is 48.3 Å². The molecule has 3 fully saturated rings. The summed E-state index contributed by atoms with van der Waals surface area (Å²) in [7, 11) is 0. The Morgan fingerprint density at radius 1 is 0.419 bits per heavy atom. The number of carbonyl (C=O) groups excluding carboxylic acids is 10. The second-order valence-electron chi connectivity index (χ2n) is 21.4. The molecule has 3 saturated heterocycles. The van der Waals surface area contributed by atoms with E-state index in [4.69, 9.17) is 11.5 Å². The number of unbranched alkanes of at least 4 members (excludes halogenated alkanes) is 2. The number of fused-ring (bicyclic) bond motifs is 2. The summed E-state index contributed by atoms with van der Waals surface area (Å²) in [6, 6.07) is -8.59. The molecule has 3 rings (SSSR count). The molecular weight excluding hydrogens is 1000 g/mol. The van der Waals surface area contributed by atoms with E-state index in [0.29, 0.717) is 64.5 Å². The van der Waals surface area contributed by atoms with Gasteiger partial charge < -0.3 is 63.8 Å². The maximum absolute atomic E-state index is 14.4. The molecule has 3 heterocycles. The van der Waals surface area contributed by atoms with Crippen molar-refractivity contribution >= 4 is 83.9 Å². The fourth-order valence-electron chi connectivity index (χ4n) is 9.47. The maximum atomic E-state index is 14.4. The smallest absolute Gasteiger partial charge is 0.245 e. The highest BCUT2D eigenvalue weighted by molar-refractivity contribution is 5.99. The average molecular weight is 1090 g/mol. The quantitative estimate of drug-likeness (QED) is 0.0941. The van der Waals surface area contributed by atoms with Gasteiger partial charge in [0.25, 0.3) is 0 Å². The zero-order chi connectivity index (χ0) is 53.7. The zero-order valence-corrected chi connectivity index (χ0v) is 46.7.